The van der Waals surface area contributed by atoms with Crippen LogP contribution in [0.2, 0.25) is 0 Å². The first-order chi connectivity index (χ1) is 22.2. The summed E-state index contributed by atoms with van der Waals surface area (Å²) in [5, 5.41) is 14.8. The van der Waals surface area contributed by atoms with Crippen LogP contribution in [0, 0.1) is 0 Å². The van der Waals surface area contributed by atoms with Gasteiger partial charge in [0.2, 0.25) is 5.91 Å². The fourth-order valence-electron chi connectivity index (χ4n) is 6.17. The quantitative estimate of drug-likeness (QED) is 0.226. The molecule has 240 valence electrons. The number of aromatic nitrogens is 4. The third-order valence-electron chi connectivity index (χ3n) is 8.46. The Kier molecular flexibility index (Phi) is 9.02. The summed E-state index contributed by atoms with van der Waals surface area (Å²) in [6, 6.07) is 8.30. The van der Waals surface area contributed by atoms with E-state index in [9.17, 15) is 22.8 Å². The molecule has 2 aliphatic rings. The molecule has 13 heteroatoms. The number of carbonyl (C=O) groups excluding carboxylic acids is 2. The zero-order valence-corrected chi connectivity index (χ0v) is 25.1. The largest absolute Gasteiger partial charge is 0.416 e. The molecule has 0 spiro atoms. The summed E-state index contributed by atoms with van der Waals surface area (Å²) >= 11 is 0. The molecule has 46 heavy (non-hydrogen) atoms. The van der Waals surface area contributed by atoms with Gasteiger partial charge in [0.15, 0.2) is 0 Å². The van der Waals surface area contributed by atoms with E-state index in [4.69, 9.17) is 10.8 Å². The molecule has 1 aromatic carbocycles. The molecular weight excluding hydrogens is 597 g/mol. The van der Waals surface area contributed by atoms with Gasteiger partial charge in [0.1, 0.15) is 17.3 Å². The Morgan fingerprint density at radius 3 is 2.70 bits per heavy atom. The van der Waals surface area contributed by atoms with Crippen LogP contribution >= 0.6 is 0 Å². The lowest BCUT2D eigenvalue weighted by atomic mass is 9.90. The van der Waals surface area contributed by atoms with Gasteiger partial charge >= 0.3 is 6.18 Å². The number of amides is 2. The monoisotopic (exact) mass is 632 g/mol. The van der Waals surface area contributed by atoms with Crippen LogP contribution in [0.4, 0.5) is 24.8 Å². The van der Waals surface area contributed by atoms with Gasteiger partial charge in [0.05, 0.1) is 22.5 Å². The number of hydrogen-bond acceptors (Lipinski definition) is 7. The van der Waals surface area contributed by atoms with Crippen LogP contribution in [-0.4, -0.2) is 50.7 Å². The second kappa shape index (κ2) is 13.3. The molecular formula is C33H35F3N8O2. The molecule has 6 rings (SSSR count). The van der Waals surface area contributed by atoms with Gasteiger partial charge in [-0.05, 0) is 69.3 Å². The number of carbonyl (C=O) groups is 2. The zero-order chi connectivity index (χ0) is 32.3. The van der Waals surface area contributed by atoms with Crippen molar-refractivity contribution in [2.24, 2.45) is 0 Å². The normalized spacial score (nSPS) is 20.2. The molecule has 5 N–H and O–H groups in total. The summed E-state index contributed by atoms with van der Waals surface area (Å²) in [5.74, 6) is -0.410. The molecule has 2 bridgehead atoms. The average Bonchev–Trinajstić information content (AvgIpc) is 3.45. The van der Waals surface area contributed by atoms with Crippen LogP contribution in [-0.2, 0) is 11.0 Å². The van der Waals surface area contributed by atoms with Gasteiger partial charge in [-0.15, -0.1) is 0 Å². The highest BCUT2D eigenvalue weighted by atomic mass is 19.4. The first kappa shape index (κ1) is 31.2. The summed E-state index contributed by atoms with van der Waals surface area (Å²) in [6.07, 6.45) is 7.97. The van der Waals surface area contributed by atoms with E-state index in [1.54, 1.807) is 30.5 Å². The fourth-order valence-corrected chi connectivity index (χ4v) is 6.17. The van der Waals surface area contributed by atoms with Crippen molar-refractivity contribution in [1.82, 2.24) is 30.4 Å². The SMILES string of the molecule is Nc1ncc2c3c1c(-c1ccc(C(=O)Nc4cc(C(F)(F)F)ccn4)cc1)nn3[C@@H]1CCC[C@H](C1)NC(=O)CCCCNC/C=C/2. The summed E-state index contributed by atoms with van der Waals surface area (Å²) in [6.45, 7) is 1.47. The lowest BCUT2D eigenvalue weighted by Gasteiger charge is -2.30. The highest BCUT2D eigenvalue weighted by Gasteiger charge is 2.31. The molecule has 0 saturated heterocycles. The minimum Gasteiger partial charge on any atom is -0.383 e. The minimum atomic E-state index is -4.56. The Hall–Kier alpha value is -4.78. The lowest BCUT2D eigenvalue weighted by molar-refractivity contribution is -0.137. The Balaban J connectivity index is 1.35. The molecule has 4 heterocycles. The molecule has 0 radical (unpaired) electrons. The van der Waals surface area contributed by atoms with E-state index >= 15 is 0 Å². The standard InChI is InChI=1S/C33H35F3N8O2/c34-33(35,36)23-13-16-39-26(17-23)42-32(46)21-11-9-20(10-12-21)29-28-30-22(19-40-31(28)37)5-4-15-38-14-2-1-8-27(45)41-24-6-3-7-25(18-24)44(30)43-29/h4-5,9-13,16-17,19,24-25,38H,1-3,6-8,14-15,18H2,(H2,37,40)(H,41,45)(H,39,42,46)/b5-4+/t24-,25-/m1/s1. The van der Waals surface area contributed by atoms with Gasteiger partial charge in [-0.25, -0.2) is 9.97 Å². The van der Waals surface area contributed by atoms with Crippen molar-refractivity contribution in [3.05, 3.63) is 71.6 Å². The first-order valence-electron chi connectivity index (χ1n) is 15.5. The Bertz CT molecular complexity index is 1770. The number of anilines is 2. The second-order valence-electron chi connectivity index (χ2n) is 11.7. The van der Waals surface area contributed by atoms with Gasteiger partial charge in [0, 0.05) is 48.1 Å². The van der Waals surface area contributed by atoms with Gasteiger partial charge in [-0.3, -0.25) is 14.3 Å². The van der Waals surface area contributed by atoms with Crippen LogP contribution < -0.4 is 21.7 Å². The van der Waals surface area contributed by atoms with Crippen molar-refractivity contribution >= 4 is 40.4 Å². The first-order valence-corrected chi connectivity index (χ1v) is 15.5. The van der Waals surface area contributed by atoms with Crippen molar-refractivity contribution in [3.63, 3.8) is 0 Å². The van der Waals surface area contributed by atoms with Crippen LogP contribution in [0.3, 0.4) is 0 Å². The molecule has 3 aromatic heterocycles. The van der Waals surface area contributed by atoms with E-state index in [1.807, 2.05) is 16.8 Å². The molecule has 1 saturated carbocycles. The number of fused-ring (bicyclic) bond motifs is 3. The Morgan fingerprint density at radius 2 is 1.89 bits per heavy atom. The van der Waals surface area contributed by atoms with Crippen molar-refractivity contribution in [2.45, 2.75) is 63.2 Å². The summed E-state index contributed by atoms with van der Waals surface area (Å²) in [5.41, 5.74) is 8.84. The maximum Gasteiger partial charge on any atom is 0.416 e. The molecule has 10 nitrogen and oxygen atoms in total. The molecule has 2 atom stereocenters. The van der Waals surface area contributed by atoms with Gasteiger partial charge in [-0.2, -0.15) is 18.3 Å². The smallest absolute Gasteiger partial charge is 0.383 e. The Labute approximate surface area is 263 Å². The fraction of sp³-hybridized carbons (Fsp3) is 0.364. The third-order valence-corrected chi connectivity index (χ3v) is 8.46. The lowest BCUT2D eigenvalue weighted by Crippen LogP contribution is -2.39. The number of halogens is 3. The molecule has 1 aliphatic heterocycles. The molecule has 1 fully saturated rings. The molecule has 2 amide bonds. The number of pyridine rings is 2. The van der Waals surface area contributed by atoms with Crippen LogP contribution in [0.15, 0.2) is 54.9 Å². The van der Waals surface area contributed by atoms with Crippen LogP contribution in [0.25, 0.3) is 28.2 Å². The maximum absolute atomic E-state index is 13.1. The number of alkyl halides is 3. The van der Waals surface area contributed by atoms with Crippen LogP contribution in [0.5, 0.6) is 0 Å². The van der Waals surface area contributed by atoms with Crippen molar-refractivity contribution in [1.29, 1.82) is 0 Å². The third kappa shape index (κ3) is 6.89. The number of hydrogen-bond donors (Lipinski definition) is 4. The highest BCUT2D eigenvalue weighted by molar-refractivity contribution is 6.06. The number of nitrogen functional groups attached to an aromatic ring is 1. The summed E-state index contributed by atoms with van der Waals surface area (Å²) in [7, 11) is 0. The number of rotatable bonds is 3. The molecule has 0 unspecified atom stereocenters. The van der Waals surface area contributed by atoms with E-state index in [1.165, 1.54) is 0 Å². The minimum absolute atomic E-state index is 0.0142. The van der Waals surface area contributed by atoms with Crippen molar-refractivity contribution in [3.8, 4) is 11.3 Å². The van der Waals surface area contributed by atoms with E-state index in [0.717, 1.165) is 74.5 Å². The average molecular weight is 633 g/mol. The predicted molar refractivity (Wildman–Crippen MR) is 170 cm³/mol. The maximum atomic E-state index is 13.1. The van der Waals surface area contributed by atoms with E-state index in [0.29, 0.717) is 35.4 Å². The molecule has 1 aliphatic carbocycles. The van der Waals surface area contributed by atoms with Gasteiger partial charge in [0.25, 0.3) is 5.91 Å². The highest BCUT2D eigenvalue weighted by Crippen LogP contribution is 2.39. The van der Waals surface area contributed by atoms with Crippen molar-refractivity contribution in [2.75, 3.05) is 24.1 Å². The molecule has 4 aromatic rings. The summed E-state index contributed by atoms with van der Waals surface area (Å²) in [4.78, 5) is 33.9. The van der Waals surface area contributed by atoms with E-state index < -0.39 is 17.6 Å². The Morgan fingerprint density at radius 1 is 1.07 bits per heavy atom. The number of nitrogens with zero attached hydrogens (tertiary/aromatic N) is 4. The number of nitrogens with two attached hydrogens (primary N) is 1. The van der Waals surface area contributed by atoms with Gasteiger partial charge in [-0.1, -0.05) is 24.3 Å². The van der Waals surface area contributed by atoms with Crippen molar-refractivity contribution < 1.29 is 22.8 Å². The van der Waals surface area contributed by atoms with E-state index in [-0.39, 0.29) is 29.4 Å². The predicted octanol–water partition coefficient (Wildman–Crippen LogP) is 5.73. The number of nitrogens with one attached hydrogen (secondary N) is 3. The summed E-state index contributed by atoms with van der Waals surface area (Å²) < 4.78 is 41.4. The second-order valence-corrected chi connectivity index (χ2v) is 11.7. The van der Waals surface area contributed by atoms with Gasteiger partial charge < -0.3 is 21.7 Å². The van der Waals surface area contributed by atoms with Crippen LogP contribution in [0.1, 0.15) is 72.5 Å². The number of benzene rings is 1. The zero-order valence-electron chi connectivity index (χ0n) is 25.1. The van der Waals surface area contributed by atoms with E-state index in [2.05, 4.69) is 25.9 Å². The topological polar surface area (TPSA) is 140 Å².